The summed E-state index contributed by atoms with van der Waals surface area (Å²) < 4.78 is 0. The molecule has 0 fully saturated rings. The maximum atomic E-state index is 13.8. The topological polar surface area (TPSA) is 37.4 Å². The monoisotopic (exact) mass is 631 g/mol. The molecule has 0 unspecified atom stereocenters. The molecule has 7 aromatic rings. The molecule has 49 heavy (non-hydrogen) atoms. The van der Waals surface area contributed by atoms with Gasteiger partial charge in [0.1, 0.15) is 0 Å². The smallest absolute Gasteiger partial charge is 0.299 e. The second-order valence-corrected chi connectivity index (χ2v) is 12.4. The van der Waals surface area contributed by atoms with Crippen molar-refractivity contribution in [2.75, 3.05) is 11.9 Å². The lowest BCUT2D eigenvalue weighted by molar-refractivity contribution is -0.114. The Morgan fingerprint density at radius 3 is 1.27 bits per heavy atom. The van der Waals surface area contributed by atoms with Crippen LogP contribution in [0.3, 0.4) is 0 Å². The molecule has 0 spiro atoms. The van der Waals surface area contributed by atoms with E-state index in [-0.39, 0.29) is 0 Å². The molecule has 0 bridgehead atoms. The molecule has 7 aromatic carbocycles. The van der Waals surface area contributed by atoms with Crippen LogP contribution in [0.1, 0.15) is 32.6 Å². The molecule has 1 heterocycles. The highest BCUT2D eigenvalue weighted by Crippen LogP contribution is 2.50. The molecular formula is C46H33NO2. The number of fused-ring (bicyclic) bond motifs is 1. The summed E-state index contributed by atoms with van der Waals surface area (Å²) in [5, 5.41) is 0. The van der Waals surface area contributed by atoms with Crippen LogP contribution in [0.15, 0.2) is 182 Å². The highest BCUT2D eigenvalue weighted by Gasteiger charge is 2.40. The zero-order valence-electron chi connectivity index (χ0n) is 27.1. The highest BCUT2D eigenvalue weighted by atomic mass is 16.2. The minimum absolute atomic E-state index is 0.444. The standard InChI is InChI=1S/C46H33NO2/c1-47-40-31-39(32-17-7-2-8-18-32)41(33-19-9-3-10-20-33)42(43(40)44(48)45(47)49)34-27-29-38(30-28-34)46(35-21-11-4-12-22-35,36-23-13-5-14-24-36)37-25-15-6-16-26-37/h2-31H,1H3. The Morgan fingerprint density at radius 2 is 0.796 bits per heavy atom. The summed E-state index contributed by atoms with van der Waals surface area (Å²) in [6.07, 6.45) is 0. The molecular weight excluding hydrogens is 599 g/mol. The summed E-state index contributed by atoms with van der Waals surface area (Å²) in [6, 6.07) is 62.8. The van der Waals surface area contributed by atoms with Crippen LogP contribution in [0.5, 0.6) is 0 Å². The third kappa shape index (κ3) is 4.90. The van der Waals surface area contributed by atoms with Gasteiger partial charge in [-0.1, -0.05) is 176 Å². The number of ketones is 1. The van der Waals surface area contributed by atoms with Crippen molar-refractivity contribution in [3.8, 4) is 33.4 Å². The van der Waals surface area contributed by atoms with Gasteiger partial charge in [0.2, 0.25) is 0 Å². The lowest BCUT2D eigenvalue weighted by Gasteiger charge is -2.37. The van der Waals surface area contributed by atoms with Gasteiger partial charge < -0.3 is 4.90 Å². The summed E-state index contributed by atoms with van der Waals surface area (Å²) in [6.45, 7) is 0. The molecule has 3 heteroatoms. The molecule has 3 nitrogen and oxygen atoms in total. The Labute approximate surface area is 286 Å². The molecule has 0 saturated carbocycles. The normalized spacial score (nSPS) is 12.6. The number of carbonyl (C=O) groups is 2. The van der Waals surface area contributed by atoms with Gasteiger partial charge in [0.25, 0.3) is 11.7 Å². The molecule has 234 valence electrons. The molecule has 0 aromatic heterocycles. The highest BCUT2D eigenvalue weighted by molar-refractivity contribution is 6.53. The van der Waals surface area contributed by atoms with Crippen LogP contribution in [-0.4, -0.2) is 18.7 Å². The minimum atomic E-state index is -0.607. The first kappa shape index (κ1) is 30.0. The average Bonchev–Trinajstić information content (AvgIpc) is 3.40. The maximum absolute atomic E-state index is 13.8. The van der Waals surface area contributed by atoms with E-state index in [1.165, 1.54) is 4.90 Å². The molecule has 0 aliphatic carbocycles. The molecule has 0 N–H and O–H groups in total. The van der Waals surface area contributed by atoms with Crippen molar-refractivity contribution in [3.63, 3.8) is 0 Å². The predicted molar refractivity (Wildman–Crippen MR) is 199 cm³/mol. The van der Waals surface area contributed by atoms with Crippen LogP contribution in [0.25, 0.3) is 33.4 Å². The van der Waals surface area contributed by atoms with E-state index in [4.69, 9.17) is 0 Å². The van der Waals surface area contributed by atoms with E-state index in [2.05, 4.69) is 121 Å². The van der Waals surface area contributed by atoms with Crippen molar-refractivity contribution in [1.82, 2.24) is 0 Å². The third-order valence-electron chi connectivity index (χ3n) is 9.77. The maximum Gasteiger partial charge on any atom is 0.299 e. The van der Waals surface area contributed by atoms with Crippen molar-refractivity contribution >= 4 is 17.4 Å². The lowest BCUT2D eigenvalue weighted by Crippen LogP contribution is -2.30. The number of carbonyl (C=O) groups excluding carboxylic acids is 2. The number of amides is 1. The summed E-state index contributed by atoms with van der Waals surface area (Å²) in [5.74, 6) is -1.01. The molecule has 0 atom stereocenters. The second-order valence-electron chi connectivity index (χ2n) is 12.4. The van der Waals surface area contributed by atoms with Crippen molar-refractivity contribution in [3.05, 3.63) is 210 Å². The fourth-order valence-corrected chi connectivity index (χ4v) is 7.52. The van der Waals surface area contributed by atoms with Crippen molar-refractivity contribution in [2.24, 2.45) is 0 Å². The number of hydrogen-bond donors (Lipinski definition) is 0. The number of hydrogen-bond acceptors (Lipinski definition) is 2. The Hall–Kier alpha value is -6.32. The summed E-state index contributed by atoms with van der Waals surface area (Å²) in [7, 11) is 1.68. The summed E-state index contributed by atoms with van der Waals surface area (Å²) in [4.78, 5) is 28.6. The zero-order chi connectivity index (χ0) is 33.4. The van der Waals surface area contributed by atoms with Gasteiger partial charge in [-0.05, 0) is 56.1 Å². The second kappa shape index (κ2) is 12.4. The number of anilines is 1. The minimum Gasteiger partial charge on any atom is -0.308 e. The molecule has 1 aliphatic heterocycles. The molecule has 1 amide bonds. The Kier molecular flexibility index (Phi) is 7.58. The number of likely N-dealkylation sites (N-methyl/N-ethyl adjacent to an activating group) is 1. The van der Waals surface area contributed by atoms with Gasteiger partial charge in [-0.2, -0.15) is 0 Å². The Bertz CT molecular complexity index is 2190. The van der Waals surface area contributed by atoms with E-state index in [0.29, 0.717) is 11.3 Å². The largest absolute Gasteiger partial charge is 0.308 e. The summed E-state index contributed by atoms with van der Waals surface area (Å²) >= 11 is 0. The van der Waals surface area contributed by atoms with Crippen LogP contribution in [0, 0.1) is 0 Å². The van der Waals surface area contributed by atoms with Gasteiger partial charge in [-0.3, -0.25) is 9.59 Å². The van der Waals surface area contributed by atoms with E-state index in [9.17, 15) is 9.59 Å². The molecule has 0 saturated heterocycles. The van der Waals surface area contributed by atoms with E-state index in [0.717, 1.165) is 55.6 Å². The number of nitrogens with zero attached hydrogens (tertiary/aromatic N) is 1. The third-order valence-corrected chi connectivity index (χ3v) is 9.77. The molecule has 8 rings (SSSR count). The van der Waals surface area contributed by atoms with Crippen LogP contribution >= 0.6 is 0 Å². The van der Waals surface area contributed by atoms with E-state index in [1.807, 2.05) is 60.7 Å². The van der Waals surface area contributed by atoms with E-state index < -0.39 is 17.1 Å². The van der Waals surface area contributed by atoms with Gasteiger partial charge in [0.05, 0.1) is 16.7 Å². The fraction of sp³-hybridized carbons (Fsp3) is 0.0435. The first-order chi connectivity index (χ1) is 24.1. The number of Topliss-reactive ketones (excluding diaryl/α,β-unsaturated/α-hetero) is 1. The van der Waals surface area contributed by atoms with Gasteiger partial charge in [0.15, 0.2) is 0 Å². The van der Waals surface area contributed by atoms with Crippen molar-refractivity contribution < 1.29 is 9.59 Å². The molecule has 0 radical (unpaired) electrons. The van der Waals surface area contributed by atoms with Crippen molar-refractivity contribution in [1.29, 1.82) is 0 Å². The number of rotatable bonds is 7. The van der Waals surface area contributed by atoms with Crippen LogP contribution in [0.2, 0.25) is 0 Å². The zero-order valence-corrected chi connectivity index (χ0v) is 27.1. The van der Waals surface area contributed by atoms with Crippen LogP contribution in [0.4, 0.5) is 5.69 Å². The predicted octanol–water partition coefficient (Wildman–Crippen LogP) is 10.2. The summed E-state index contributed by atoms with van der Waals surface area (Å²) in [5.41, 5.74) is 10.5. The number of benzene rings is 7. The van der Waals surface area contributed by atoms with Gasteiger partial charge in [0, 0.05) is 12.6 Å². The van der Waals surface area contributed by atoms with Crippen molar-refractivity contribution in [2.45, 2.75) is 5.41 Å². The van der Waals surface area contributed by atoms with Gasteiger partial charge in [-0.15, -0.1) is 0 Å². The lowest BCUT2D eigenvalue weighted by atomic mass is 9.65. The first-order valence-electron chi connectivity index (χ1n) is 16.5. The van der Waals surface area contributed by atoms with Crippen LogP contribution < -0.4 is 4.90 Å². The quantitative estimate of drug-likeness (QED) is 0.130. The fourth-order valence-electron chi connectivity index (χ4n) is 7.52. The van der Waals surface area contributed by atoms with E-state index in [1.54, 1.807) is 7.05 Å². The average molecular weight is 632 g/mol. The Balaban J connectivity index is 1.43. The van der Waals surface area contributed by atoms with Gasteiger partial charge >= 0.3 is 0 Å². The Morgan fingerprint density at radius 1 is 0.408 bits per heavy atom. The molecule has 1 aliphatic rings. The first-order valence-corrected chi connectivity index (χ1v) is 16.5. The van der Waals surface area contributed by atoms with Gasteiger partial charge in [-0.25, -0.2) is 0 Å². The van der Waals surface area contributed by atoms with E-state index >= 15 is 0 Å². The SMILES string of the molecule is CN1C(=O)C(=O)c2c1cc(-c1ccccc1)c(-c1ccccc1)c2-c1ccc(C(c2ccccc2)(c2ccccc2)c2ccccc2)cc1. The van der Waals surface area contributed by atoms with Crippen LogP contribution in [-0.2, 0) is 10.2 Å².